The lowest BCUT2D eigenvalue weighted by Gasteiger charge is -2.06. The van der Waals surface area contributed by atoms with Gasteiger partial charge in [0.1, 0.15) is 5.65 Å². The van der Waals surface area contributed by atoms with E-state index in [-0.39, 0.29) is 0 Å². The SMILES string of the molecule is C=CCCCCn1cnc2c(=O)[nH]c(=O)n(C)c21. The van der Waals surface area contributed by atoms with Crippen LogP contribution < -0.4 is 11.2 Å². The molecule has 1 N–H and O–H groups in total. The summed E-state index contributed by atoms with van der Waals surface area (Å²) < 4.78 is 3.26. The van der Waals surface area contributed by atoms with Crippen molar-refractivity contribution in [3.63, 3.8) is 0 Å². The Labute approximate surface area is 104 Å². The maximum Gasteiger partial charge on any atom is 0.329 e. The third kappa shape index (κ3) is 2.13. The Kier molecular flexibility index (Phi) is 3.45. The van der Waals surface area contributed by atoms with E-state index >= 15 is 0 Å². The molecule has 6 nitrogen and oxygen atoms in total. The molecule has 2 aromatic rings. The van der Waals surface area contributed by atoms with E-state index in [1.807, 2.05) is 10.6 Å². The first-order valence-corrected chi connectivity index (χ1v) is 5.90. The van der Waals surface area contributed by atoms with Crippen LogP contribution in [0, 0.1) is 0 Å². The van der Waals surface area contributed by atoms with E-state index in [1.54, 1.807) is 13.4 Å². The molecule has 0 amide bonds. The molecule has 96 valence electrons. The van der Waals surface area contributed by atoms with Gasteiger partial charge >= 0.3 is 5.69 Å². The number of aromatic nitrogens is 4. The lowest BCUT2D eigenvalue weighted by Crippen LogP contribution is -2.29. The molecule has 6 heteroatoms. The zero-order valence-electron chi connectivity index (χ0n) is 10.3. The van der Waals surface area contributed by atoms with Crippen LogP contribution in [0.2, 0.25) is 0 Å². The van der Waals surface area contributed by atoms with Crippen LogP contribution in [0.4, 0.5) is 0 Å². The number of allylic oxidation sites excluding steroid dienone is 1. The molecule has 18 heavy (non-hydrogen) atoms. The second-order valence-electron chi connectivity index (χ2n) is 4.21. The van der Waals surface area contributed by atoms with Crippen molar-refractivity contribution < 1.29 is 0 Å². The number of nitrogens with zero attached hydrogens (tertiary/aromatic N) is 3. The normalized spacial score (nSPS) is 10.9. The van der Waals surface area contributed by atoms with Gasteiger partial charge in [-0.25, -0.2) is 9.78 Å². The van der Waals surface area contributed by atoms with E-state index in [0.717, 1.165) is 25.8 Å². The van der Waals surface area contributed by atoms with Gasteiger partial charge in [0.2, 0.25) is 0 Å². The van der Waals surface area contributed by atoms with Gasteiger partial charge in [-0.3, -0.25) is 14.3 Å². The summed E-state index contributed by atoms with van der Waals surface area (Å²) in [6.45, 7) is 4.41. The van der Waals surface area contributed by atoms with Crippen molar-refractivity contribution in [2.24, 2.45) is 7.05 Å². The van der Waals surface area contributed by atoms with E-state index in [0.29, 0.717) is 11.2 Å². The highest BCUT2D eigenvalue weighted by Crippen LogP contribution is 2.07. The van der Waals surface area contributed by atoms with Crippen LogP contribution >= 0.6 is 0 Å². The number of unbranched alkanes of at least 4 members (excludes halogenated alkanes) is 2. The van der Waals surface area contributed by atoms with E-state index in [2.05, 4.69) is 16.5 Å². The number of aryl methyl sites for hydroxylation is 2. The summed E-state index contributed by atoms with van der Waals surface area (Å²) in [4.78, 5) is 29.4. The summed E-state index contributed by atoms with van der Waals surface area (Å²) in [5, 5.41) is 0. The smallest absolute Gasteiger partial charge is 0.316 e. The molecule has 0 fully saturated rings. The molecular weight excluding hydrogens is 232 g/mol. The van der Waals surface area contributed by atoms with Crippen LogP contribution in [0.5, 0.6) is 0 Å². The van der Waals surface area contributed by atoms with E-state index < -0.39 is 11.2 Å². The average molecular weight is 248 g/mol. The molecule has 0 saturated heterocycles. The van der Waals surface area contributed by atoms with Crippen molar-refractivity contribution in [2.45, 2.75) is 25.8 Å². The van der Waals surface area contributed by atoms with E-state index in [4.69, 9.17) is 0 Å². The summed E-state index contributed by atoms with van der Waals surface area (Å²) in [6, 6.07) is 0. The van der Waals surface area contributed by atoms with Crippen LogP contribution in [0.3, 0.4) is 0 Å². The largest absolute Gasteiger partial charge is 0.329 e. The molecule has 2 heterocycles. The van der Waals surface area contributed by atoms with Gasteiger partial charge in [-0.2, -0.15) is 0 Å². The monoisotopic (exact) mass is 248 g/mol. The highest BCUT2D eigenvalue weighted by atomic mass is 16.2. The minimum Gasteiger partial charge on any atom is -0.316 e. The highest BCUT2D eigenvalue weighted by molar-refractivity contribution is 5.69. The van der Waals surface area contributed by atoms with Gasteiger partial charge in [0.15, 0.2) is 5.52 Å². The predicted molar refractivity (Wildman–Crippen MR) is 69.6 cm³/mol. The molecule has 2 rings (SSSR count). The molecule has 0 atom stereocenters. The molecule has 0 aliphatic rings. The third-order valence-corrected chi connectivity index (χ3v) is 2.93. The molecule has 0 radical (unpaired) electrons. The Balaban J connectivity index is 2.38. The van der Waals surface area contributed by atoms with Crippen LogP contribution in [-0.2, 0) is 13.6 Å². The van der Waals surface area contributed by atoms with Crippen molar-refractivity contribution >= 4 is 11.2 Å². The first-order chi connectivity index (χ1) is 8.65. The van der Waals surface area contributed by atoms with Crippen LogP contribution in [0.1, 0.15) is 19.3 Å². The van der Waals surface area contributed by atoms with E-state index in [1.165, 1.54) is 4.57 Å². The Morgan fingerprint density at radius 2 is 2.22 bits per heavy atom. The number of rotatable bonds is 5. The number of hydrogen-bond donors (Lipinski definition) is 1. The molecule has 2 aromatic heterocycles. The second kappa shape index (κ2) is 5.03. The summed E-state index contributed by atoms with van der Waals surface area (Å²) in [5.41, 5.74) is 0.0291. The van der Waals surface area contributed by atoms with Crippen molar-refractivity contribution in [3.8, 4) is 0 Å². The molecule has 0 aliphatic heterocycles. The molecular formula is C12H16N4O2. The van der Waals surface area contributed by atoms with Gasteiger partial charge in [0, 0.05) is 13.6 Å². The first-order valence-electron chi connectivity index (χ1n) is 5.90. The zero-order chi connectivity index (χ0) is 13.1. The van der Waals surface area contributed by atoms with Crippen LogP contribution in [0.25, 0.3) is 11.2 Å². The molecule has 0 bridgehead atoms. The number of imidazole rings is 1. The molecule has 0 spiro atoms. The van der Waals surface area contributed by atoms with Gasteiger partial charge in [-0.15, -0.1) is 6.58 Å². The van der Waals surface area contributed by atoms with Gasteiger partial charge in [-0.05, 0) is 19.3 Å². The lowest BCUT2D eigenvalue weighted by molar-refractivity contribution is 0.613. The van der Waals surface area contributed by atoms with Gasteiger partial charge < -0.3 is 4.57 Å². The third-order valence-electron chi connectivity index (χ3n) is 2.93. The van der Waals surface area contributed by atoms with Gasteiger partial charge in [0.25, 0.3) is 5.56 Å². The maximum absolute atomic E-state index is 11.6. The lowest BCUT2D eigenvalue weighted by atomic mass is 10.2. The zero-order valence-corrected chi connectivity index (χ0v) is 10.3. The van der Waals surface area contributed by atoms with Crippen LogP contribution in [-0.4, -0.2) is 19.1 Å². The Morgan fingerprint density at radius 1 is 1.44 bits per heavy atom. The predicted octanol–water partition coefficient (Wildman–Crippen LogP) is 0.780. The van der Waals surface area contributed by atoms with Crippen molar-refractivity contribution in [2.75, 3.05) is 0 Å². The van der Waals surface area contributed by atoms with Crippen molar-refractivity contribution in [3.05, 3.63) is 39.8 Å². The van der Waals surface area contributed by atoms with Crippen molar-refractivity contribution in [1.29, 1.82) is 0 Å². The molecule has 0 aromatic carbocycles. The summed E-state index contributed by atoms with van der Waals surface area (Å²) in [7, 11) is 1.63. The fourth-order valence-corrected chi connectivity index (χ4v) is 1.96. The van der Waals surface area contributed by atoms with Crippen molar-refractivity contribution in [1.82, 2.24) is 19.1 Å². The summed E-state index contributed by atoms with van der Waals surface area (Å²) >= 11 is 0. The fourth-order valence-electron chi connectivity index (χ4n) is 1.96. The molecule has 0 unspecified atom stereocenters. The van der Waals surface area contributed by atoms with E-state index in [9.17, 15) is 9.59 Å². The Morgan fingerprint density at radius 3 is 2.94 bits per heavy atom. The quantitative estimate of drug-likeness (QED) is 0.627. The summed E-state index contributed by atoms with van der Waals surface area (Å²) in [5.74, 6) is 0. The molecule has 0 aliphatic carbocycles. The minimum absolute atomic E-state index is 0.306. The maximum atomic E-state index is 11.6. The minimum atomic E-state index is -0.432. The number of aromatic amines is 1. The fraction of sp³-hybridized carbons (Fsp3) is 0.417. The standard InChI is InChI=1S/C12H16N4O2/c1-3-4-5-6-7-16-8-13-9-10(17)14-12(18)15(2)11(9)16/h3,8H,1,4-7H2,2H3,(H,14,17,18). The number of H-pyrrole nitrogens is 1. The second-order valence-corrected chi connectivity index (χ2v) is 4.21. The topological polar surface area (TPSA) is 72.7 Å². The average Bonchev–Trinajstić information content (AvgIpc) is 2.76. The highest BCUT2D eigenvalue weighted by Gasteiger charge is 2.10. The first kappa shape index (κ1) is 12.3. The van der Waals surface area contributed by atoms with Crippen LogP contribution in [0.15, 0.2) is 28.6 Å². The Hall–Kier alpha value is -2.11. The number of fused-ring (bicyclic) bond motifs is 1. The van der Waals surface area contributed by atoms with Gasteiger partial charge in [-0.1, -0.05) is 6.08 Å². The van der Waals surface area contributed by atoms with Gasteiger partial charge in [0.05, 0.1) is 6.33 Å². The summed E-state index contributed by atoms with van der Waals surface area (Å²) in [6.07, 6.45) is 6.44. The Bertz CT molecular complexity index is 677. The number of nitrogens with one attached hydrogen (secondary N) is 1. The number of hydrogen-bond acceptors (Lipinski definition) is 3. The molecule has 0 saturated carbocycles.